The Morgan fingerprint density at radius 3 is 2.94 bits per heavy atom. The maximum absolute atomic E-state index is 11.9. The predicted molar refractivity (Wildman–Crippen MR) is 63.3 cm³/mol. The molecule has 0 radical (unpaired) electrons. The smallest absolute Gasteiger partial charge is 0.167 e. The molecule has 16 heavy (non-hydrogen) atoms. The second kappa shape index (κ2) is 4.67. The number of aromatic nitrogens is 2. The number of rotatable bonds is 3. The molecular formula is C11H15BrN2O2. The Hall–Kier alpha value is -0.680. The van der Waals surface area contributed by atoms with Crippen molar-refractivity contribution in [1.82, 2.24) is 9.78 Å². The molecule has 5 heteroatoms. The molecule has 0 saturated carbocycles. The first-order chi connectivity index (χ1) is 7.59. The Kier molecular flexibility index (Phi) is 3.44. The number of halogens is 1. The van der Waals surface area contributed by atoms with Crippen molar-refractivity contribution >= 4 is 21.7 Å². The molecule has 1 fully saturated rings. The van der Waals surface area contributed by atoms with Crippen LogP contribution in [-0.2, 0) is 23.0 Å². The van der Waals surface area contributed by atoms with Crippen LogP contribution < -0.4 is 0 Å². The van der Waals surface area contributed by atoms with Gasteiger partial charge in [0.1, 0.15) is 6.10 Å². The second-order valence-corrected chi connectivity index (χ2v) is 4.91. The van der Waals surface area contributed by atoms with E-state index in [1.807, 2.05) is 14.0 Å². The number of hydrogen-bond acceptors (Lipinski definition) is 3. The second-order valence-electron chi connectivity index (χ2n) is 4.11. The molecule has 4 nitrogen and oxygen atoms in total. The van der Waals surface area contributed by atoms with Gasteiger partial charge >= 0.3 is 0 Å². The standard InChI is InChI=1S/C11H15BrN2O2/c1-7-11(12)8(14(2)13-7)6-9(15)10-4-3-5-16-10/h10H,3-6H2,1-2H3. The molecule has 1 atom stereocenters. The first-order valence-corrected chi connectivity index (χ1v) is 6.21. The van der Waals surface area contributed by atoms with E-state index in [1.165, 1.54) is 0 Å². The monoisotopic (exact) mass is 286 g/mol. The molecule has 1 saturated heterocycles. The summed E-state index contributed by atoms with van der Waals surface area (Å²) in [6, 6.07) is 0. The van der Waals surface area contributed by atoms with Crippen molar-refractivity contribution in [3.63, 3.8) is 0 Å². The SMILES string of the molecule is Cc1nn(C)c(CC(=O)C2CCCO2)c1Br. The highest BCUT2D eigenvalue weighted by molar-refractivity contribution is 9.10. The summed E-state index contributed by atoms with van der Waals surface area (Å²) in [5.74, 6) is 0.154. The number of carbonyl (C=O) groups excluding carboxylic acids is 1. The first-order valence-electron chi connectivity index (χ1n) is 5.42. The lowest BCUT2D eigenvalue weighted by atomic mass is 10.1. The van der Waals surface area contributed by atoms with Crippen LogP contribution in [0.5, 0.6) is 0 Å². The van der Waals surface area contributed by atoms with Gasteiger partial charge in [-0.25, -0.2) is 0 Å². The van der Waals surface area contributed by atoms with E-state index in [9.17, 15) is 4.79 Å². The van der Waals surface area contributed by atoms with E-state index in [2.05, 4.69) is 21.0 Å². The van der Waals surface area contributed by atoms with Gasteiger partial charge in [-0.15, -0.1) is 0 Å². The molecule has 0 spiro atoms. The van der Waals surface area contributed by atoms with Crippen LogP contribution in [0.25, 0.3) is 0 Å². The zero-order chi connectivity index (χ0) is 11.7. The maximum atomic E-state index is 11.9. The number of aryl methyl sites for hydroxylation is 2. The summed E-state index contributed by atoms with van der Waals surface area (Å²) in [5.41, 5.74) is 1.84. The summed E-state index contributed by atoms with van der Waals surface area (Å²) < 4.78 is 8.07. The van der Waals surface area contributed by atoms with Gasteiger partial charge in [-0.05, 0) is 35.7 Å². The van der Waals surface area contributed by atoms with Crippen molar-refractivity contribution in [2.45, 2.75) is 32.3 Å². The Balaban J connectivity index is 2.11. The molecule has 1 unspecified atom stereocenters. The maximum Gasteiger partial charge on any atom is 0.167 e. The molecule has 1 aromatic rings. The van der Waals surface area contributed by atoms with Crippen LogP contribution in [-0.4, -0.2) is 28.3 Å². The molecule has 0 aromatic carbocycles. The average molecular weight is 287 g/mol. The Bertz CT molecular complexity index is 408. The number of nitrogens with zero attached hydrogens (tertiary/aromatic N) is 2. The Morgan fingerprint density at radius 1 is 1.69 bits per heavy atom. The van der Waals surface area contributed by atoms with Crippen LogP contribution in [0.2, 0.25) is 0 Å². The highest BCUT2D eigenvalue weighted by atomic mass is 79.9. The van der Waals surface area contributed by atoms with Crippen LogP contribution in [0.1, 0.15) is 24.2 Å². The third kappa shape index (κ3) is 2.20. The molecule has 0 amide bonds. The number of carbonyl (C=O) groups is 1. The van der Waals surface area contributed by atoms with Crippen molar-refractivity contribution in [1.29, 1.82) is 0 Å². The molecular weight excluding hydrogens is 272 g/mol. The van der Waals surface area contributed by atoms with Gasteiger partial charge in [-0.3, -0.25) is 9.48 Å². The molecule has 1 aliphatic rings. The normalized spacial score (nSPS) is 20.3. The van der Waals surface area contributed by atoms with E-state index in [4.69, 9.17) is 4.74 Å². The van der Waals surface area contributed by atoms with Gasteiger partial charge in [-0.2, -0.15) is 5.10 Å². The topological polar surface area (TPSA) is 44.1 Å². The van der Waals surface area contributed by atoms with Gasteiger partial charge in [0.2, 0.25) is 0 Å². The van der Waals surface area contributed by atoms with Crippen molar-refractivity contribution in [3.05, 3.63) is 15.9 Å². The lowest BCUT2D eigenvalue weighted by Crippen LogP contribution is -2.22. The molecule has 2 rings (SSSR count). The summed E-state index contributed by atoms with van der Waals surface area (Å²) in [5, 5.41) is 4.27. The molecule has 2 heterocycles. The summed E-state index contributed by atoms with van der Waals surface area (Å²) in [7, 11) is 1.86. The van der Waals surface area contributed by atoms with Gasteiger partial charge in [0.05, 0.1) is 22.3 Å². The molecule has 88 valence electrons. The van der Waals surface area contributed by atoms with Crippen LogP contribution in [0.3, 0.4) is 0 Å². The van der Waals surface area contributed by atoms with Gasteiger partial charge in [0, 0.05) is 13.7 Å². The fourth-order valence-electron chi connectivity index (χ4n) is 1.98. The minimum Gasteiger partial charge on any atom is -0.370 e. The van der Waals surface area contributed by atoms with Gasteiger partial charge in [-0.1, -0.05) is 0 Å². The van der Waals surface area contributed by atoms with Crippen LogP contribution in [0.15, 0.2) is 4.47 Å². The summed E-state index contributed by atoms with van der Waals surface area (Å²) in [6.07, 6.45) is 2.03. The van der Waals surface area contributed by atoms with Crippen molar-refractivity contribution < 1.29 is 9.53 Å². The highest BCUT2D eigenvalue weighted by Gasteiger charge is 2.25. The zero-order valence-corrected chi connectivity index (χ0v) is 11.1. The number of ketones is 1. The molecule has 0 aliphatic carbocycles. The average Bonchev–Trinajstić information content (AvgIpc) is 2.83. The van der Waals surface area contributed by atoms with Gasteiger partial charge in [0.25, 0.3) is 0 Å². The van der Waals surface area contributed by atoms with E-state index in [1.54, 1.807) is 4.68 Å². The number of ether oxygens (including phenoxy) is 1. The van der Waals surface area contributed by atoms with Crippen molar-refractivity contribution in [2.75, 3.05) is 6.61 Å². The quantitative estimate of drug-likeness (QED) is 0.851. The van der Waals surface area contributed by atoms with E-state index < -0.39 is 0 Å². The Labute approximate surface area is 103 Å². The molecule has 0 bridgehead atoms. The van der Waals surface area contributed by atoms with E-state index in [-0.39, 0.29) is 11.9 Å². The molecule has 1 aliphatic heterocycles. The highest BCUT2D eigenvalue weighted by Crippen LogP contribution is 2.22. The van der Waals surface area contributed by atoms with E-state index in [0.717, 1.165) is 28.7 Å². The first kappa shape index (κ1) is 11.8. The summed E-state index contributed by atoms with van der Waals surface area (Å²) >= 11 is 3.46. The lowest BCUT2D eigenvalue weighted by molar-refractivity contribution is -0.127. The van der Waals surface area contributed by atoms with Gasteiger partial charge in [0.15, 0.2) is 5.78 Å². The van der Waals surface area contributed by atoms with Crippen LogP contribution in [0, 0.1) is 6.92 Å². The fourth-order valence-corrected chi connectivity index (χ4v) is 2.46. The minimum atomic E-state index is -0.206. The number of Topliss-reactive ketones (excluding diaryl/α,β-unsaturated/α-hetero) is 1. The van der Waals surface area contributed by atoms with E-state index >= 15 is 0 Å². The predicted octanol–water partition coefficient (Wildman–Crippen LogP) is 1.78. The number of hydrogen-bond donors (Lipinski definition) is 0. The molecule has 0 N–H and O–H groups in total. The van der Waals surface area contributed by atoms with Crippen molar-refractivity contribution in [2.24, 2.45) is 7.05 Å². The third-order valence-corrected chi connectivity index (χ3v) is 3.92. The Morgan fingerprint density at radius 2 is 2.44 bits per heavy atom. The van der Waals surface area contributed by atoms with Gasteiger partial charge < -0.3 is 4.74 Å². The lowest BCUT2D eigenvalue weighted by Gasteiger charge is -2.08. The van der Waals surface area contributed by atoms with Crippen molar-refractivity contribution in [3.8, 4) is 0 Å². The minimum absolute atomic E-state index is 0.154. The fraction of sp³-hybridized carbons (Fsp3) is 0.636. The molecule has 1 aromatic heterocycles. The van der Waals surface area contributed by atoms with Crippen LogP contribution >= 0.6 is 15.9 Å². The largest absolute Gasteiger partial charge is 0.370 e. The summed E-state index contributed by atoms with van der Waals surface area (Å²) in [4.78, 5) is 11.9. The van der Waals surface area contributed by atoms with Crippen LogP contribution in [0.4, 0.5) is 0 Å². The zero-order valence-electron chi connectivity index (χ0n) is 9.49. The van der Waals surface area contributed by atoms with E-state index in [0.29, 0.717) is 13.0 Å². The summed E-state index contributed by atoms with van der Waals surface area (Å²) in [6.45, 7) is 2.63. The third-order valence-electron chi connectivity index (χ3n) is 2.89.